The number of ether oxygens (including phenoxy) is 1. The van der Waals surface area contributed by atoms with E-state index in [1.807, 2.05) is 27.0 Å². The molecule has 2 nitrogen and oxygen atoms in total. The molecule has 1 aliphatic rings. The second-order valence-corrected chi connectivity index (χ2v) is 8.63. The minimum atomic E-state index is -4.43. The van der Waals surface area contributed by atoms with Gasteiger partial charge in [0.2, 0.25) is 0 Å². The van der Waals surface area contributed by atoms with Crippen LogP contribution in [0.25, 0.3) is 0 Å². The largest absolute Gasteiger partial charge is 0.484 e. The van der Waals surface area contributed by atoms with E-state index in [0.717, 1.165) is 42.7 Å². The van der Waals surface area contributed by atoms with Crippen LogP contribution in [0.1, 0.15) is 53.4 Å². The molecular formula is C28H35F4NO. The molecule has 0 saturated carbocycles. The quantitative estimate of drug-likeness (QED) is 0.289. The number of halogens is 4. The van der Waals surface area contributed by atoms with Gasteiger partial charge in [-0.1, -0.05) is 30.7 Å². The van der Waals surface area contributed by atoms with E-state index in [1.54, 1.807) is 38.1 Å². The predicted molar refractivity (Wildman–Crippen MR) is 131 cm³/mol. The number of nitrogens with zero attached hydrogens (tertiary/aromatic N) is 1. The van der Waals surface area contributed by atoms with Gasteiger partial charge in [0.25, 0.3) is 0 Å². The molecule has 1 fully saturated rings. The van der Waals surface area contributed by atoms with E-state index in [9.17, 15) is 17.6 Å². The Morgan fingerprint density at radius 2 is 1.82 bits per heavy atom. The Morgan fingerprint density at radius 1 is 1.15 bits per heavy atom. The van der Waals surface area contributed by atoms with Crippen LogP contribution in [0.5, 0.6) is 5.75 Å². The Labute approximate surface area is 201 Å². The molecule has 1 unspecified atom stereocenters. The van der Waals surface area contributed by atoms with Gasteiger partial charge in [0, 0.05) is 13.6 Å². The monoisotopic (exact) mass is 477 g/mol. The zero-order valence-electron chi connectivity index (χ0n) is 20.7. The lowest BCUT2D eigenvalue weighted by Gasteiger charge is -2.28. The van der Waals surface area contributed by atoms with Gasteiger partial charge in [-0.25, -0.2) is 4.39 Å². The molecule has 0 spiro atoms. The van der Waals surface area contributed by atoms with Crippen LogP contribution < -0.4 is 4.74 Å². The van der Waals surface area contributed by atoms with E-state index < -0.39 is 11.7 Å². The summed E-state index contributed by atoms with van der Waals surface area (Å²) in [4.78, 5) is 2.10. The molecule has 1 aliphatic heterocycles. The summed E-state index contributed by atoms with van der Waals surface area (Å²) in [6.45, 7) is 8.09. The van der Waals surface area contributed by atoms with Gasteiger partial charge >= 0.3 is 6.18 Å². The first-order valence-corrected chi connectivity index (χ1v) is 11.7. The summed E-state index contributed by atoms with van der Waals surface area (Å²) in [6, 6.07) is 5.89. The fourth-order valence-corrected chi connectivity index (χ4v) is 3.90. The van der Waals surface area contributed by atoms with Crippen molar-refractivity contribution in [3.63, 3.8) is 0 Å². The highest BCUT2D eigenvalue weighted by molar-refractivity contribution is 5.53. The Balaban J connectivity index is 2.59. The SMILES string of the molecule is C\C=C/C(=C\C(=C\CC)C(F)(F)F)C(/C=C1/C(Oc2ccc(F)cc2)CCCCN1C)=C(C)C. The highest BCUT2D eigenvalue weighted by Gasteiger charge is 2.32. The Kier molecular flexibility index (Phi) is 10.2. The van der Waals surface area contributed by atoms with Crippen molar-refractivity contribution in [2.24, 2.45) is 0 Å². The molecule has 1 aromatic carbocycles. The van der Waals surface area contributed by atoms with Crippen molar-refractivity contribution in [1.82, 2.24) is 4.90 Å². The van der Waals surface area contributed by atoms with Gasteiger partial charge in [-0.15, -0.1) is 0 Å². The van der Waals surface area contributed by atoms with Crippen molar-refractivity contribution in [2.75, 3.05) is 13.6 Å². The van der Waals surface area contributed by atoms with E-state index in [4.69, 9.17) is 4.74 Å². The van der Waals surface area contributed by atoms with Crippen LogP contribution in [0.15, 0.2) is 82.6 Å². The fourth-order valence-electron chi connectivity index (χ4n) is 3.90. The number of benzene rings is 1. The number of rotatable bonds is 7. The van der Waals surface area contributed by atoms with Crippen molar-refractivity contribution in [3.8, 4) is 5.75 Å². The van der Waals surface area contributed by atoms with Crippen LogP contribution in [0.2, 0.25) is 0 Å². The number of hydrogen-bond acceptors (Lipinski definition) is 2. The zero-order valence-corrected chi connectivity index (χ0v) is 20.7. The Bertz CT molecular complexity index is 961. The van der Waals surface area contributed by atoms with Crippen LogP contribution in [-0.4, -0.2) is 30.8 Å². The maximum absolute atomic E-state index is 13.7. The molecular weight excluding hydrogens is 442 g/mol. The van der Waals surface area contributed by atoms with Crippen LogP contribution >= 0.6 is 0 Å². The maximum Gasteiger partial charge on any atom is 0.416 e. The molecule has 2 rings (SSSR count). The third kappa shape index (κ3) is 7.93. The van der Waals surface area contributed by atoms with Crippen LogP contribution in [0.3, 0.4) is 0 Å². The lowest BCUT2D eigenvalue weighted by Crippen LogP contribution is -2.29. The standard InChI is InChI=1S/C28H35F4NO/c1-6-10-21(18-22(11-7-2)28(30,31)32)25(20(3)4)19-26-27(12-8-9-17-33(26)5)34-24-15-13-23(29)14-16-24/h6,10-11,13-16,18-19,27H,7-9,12,17H2,1-5H3/b10-6-,21-18+,22-11-,26-19-. The molecule has 34 heavy (non-hydrogen) atoms. The van der Waals surface area contributed by atoms with Crippen molar-refractivity contribution >= 4 is 0 Å². The van der Waals surface area contributed by atoms with Gasteiger partial charge in [-0.3, -0.25) is 0 Å². The molecule has 0 bridgehead atoms. The molecule has 1 heterocycles. The topological polar surface area (TPSA) is 12.5 Å². The molecule has 0 aromatic heterocycles. The summed E-state index contributed by atoms with van der Waals surface area (Å²) in [5.74, 6) is 0.218. The molecule has 186 valence electrons. The molecule has 0 N–H and O–H groups in total. The Hall–Kier alpha value is -2.76. The highest BCUT2D eigenvalue weighted by Crippen LogP contribution is 2.32. The minimum Gasteiger partial charge on any atom is -0.484 e. The summed E-state index contributed by atoms with van der Waals surface area (Å²) < 4.78 is 60.6. The summed E-state index contributed by atoms with van der Waals surface area (Å²) in [6.07, 6.45) is 6.07. The van der Waals surface area contributed by atoms with Crippen molar-refractivity contribution in [1.29, 1.82) is 0 Å². The lowest BCUT2D eigenvalue weighted by molar-refractivity contribution is -0.0884. The number of allylic oxidation sites excluding steroid dienone is 9. The van der Waals surface area contributed by atoms with Crippen LogP contribution in [0.4, 0.5) is 17.6 Å². The van der Waals surface area contributed by atoms with Gasteiger partial charge in [-0.05, 0) is 94.0 Å². The van der Waals surface area contributed by atoms with Gasteiger partial charge in [0.15, 0.2) is 0 Å². The number of alkyl halides is 3. The molecule has 1 saturated heterocycles. The fraction of sp³-hybridized carbons (Fsp3) is 0.429. The molecule has 0 amide bonds. The highest BCUT2D eigenvalue weighted by atomic mass is 19.4. The third-order valence-corrected chi connectivity index (χ3v) is 5.62. The number of hydrogen-bond donors (Lipinski definition) is 0. The van der Waals surface area contributed by atoms with Crippen LogP contribution in [0, 0.1) is 5.82 Å². The molecule has 0 radical (unpaired) electrons. The van der Waals surface area contributed by atoms with E-state index in [0.29, 0.717) is 11.3 Å². The smallest absolute Gasteiger partial charge is 0.416 e. The summed E-state index contributed by atoms with van der Waals surface area (Å²) in [5, 5.41) is 0. The first-order valence-electron chi connectivity index (χ1n) is 11.7. The van der Waals surface area contributed by atoms with Gasteiger partial charge in [-0.2, -0.15) is 13.2 Å². The molecule has 0 aliphatic carbocycles. The molecule has 1 atom stereocenters. The second-order valence-electron chi connectivity index (χ2n) is 8.63. The van der Waals surface area contributed by atoms with E-state index in [2.05, 4.69) is 4.90 Å². The average molecular weight is 478 g/mol. The minimum absolute atomic E-state index is 0.288. The van der Waals surface area contributed by atoms with Crippen molar-refractivity contribution < 1.29 is 22.3 Å². The van der Waals surface area contributed by atoms with Crippen LogP contribution in [-0.2, 0) is 0 Å². The summed E-state index contributed by atoms with van der Waals surface area (Å²) in [7, 11) is 1.97. The maximum atomic E-state index is 13.7. The summed E-state index contributed by atoms with van der Waals surface area (Å²) >= 11 is 0. The van der Waals surface area contributed by atoms with E-state index in [1.165, 1.54) is 24.3 Å². The van der Waals surface area contributed by atoms with Crippen molar-refractivity contribution in [2.45, 2.75) is 65.7 Å². The zero-order chi connectivity index (χ0) is 25.3. The normalized spacial score (nSPS) is 19.5. The van der Waals surface area contributed by atoms with E-state index in [-0.39, 0.29) is 18.3 Å². The average Bonchev–Trinajstić information content (AvgIpc) is 2.93. The first kappa shape index (κ1) is 27.5. The van der Waals surface area contributed by atoms with Gasteiger partial charge < -0.3 is 9.64 Å². The number of likely N-dealkylation sites (N-methyl/N-ethyl adjacent to an activating group) is 1. The molecule has 6 heteroatoms. The second kappa shape index (κ2) is 12.6. The predicted octanol–water partition coefficient (Wildman–Crippen LogP) is 8.31. The molecule has 1 aromatic rings. The lowest BCUT2D eigenvalue weighted by atomic mass is 9.95. The van der Waals surface area contributed by atoms with Gasteiger partial charge in [0.05, 0.1) is 11.3 Å². The summed E-state index contributed by atoms with van der Waals surface area (Å²) in [5.41, 5.74) is 2.34. The first-order chi connectivity index (χ1) is 16.1. The van der Waals surface area contributed by atoms with Crippen molar-refractivity contribution in [3.05, 3.63) is 88.5 Å². The third-order valence-electron chi connectivity index (χ3n) is 5.62. The van der Waals surface area contributed by atoms with E-state index >= 15 is 0 Å². The number of likely N-dealkylation sites (tertiary alicyclic amines) is 1. The Morgan fingerprint density at radius 3 is 2.38 bits per heavy atom. The van der Waals surface area contributed by atoms with Gasteiger partial charge in [0.1, 0.15) is 17.7 Å².